The summed E-state index contributed by atoms with van der Waals surface area (Å²) in [4.78, 5) is -0.140. The van der Waals surface area contributed by atoms with Crippen molar-refractivity contribution in [3.05, 3.63) is 51.9 Å². The lowest BCUT2D eigenvalue weighted by Gasteiger charge is -2.10. The standard InChI is InChI=1S/C12H11Cl2NO4S/c13-10-5-11(14)12(4-8(10)7-16)20(17,18)15-6-9-2-1-3-19-9/h1-5,15-16H,6-7H2. The zero-order chi connectivity index (χ0) is 14.8. The molecule has 2 N–H and O–H groups in total. The van der Waals surface area contributed by atoms with E-state index in [2.05, 4.69) is 4.72 Å². The number of benzene rings is 1. The molecule has 1 aromatic carbocycles. The minimum absolute atomic E-state index is 0.00273. The van der Waals surface area contributed by atoms with Crippen molar-refractivity contribution in [1.29, 1.82) is 0 Å². The molecule has 0 spiro atoms. The fourth-order valence-corrected chi connectivity index (χ4v) is 3.40. The first-order valence-electron chi connectivity index (χ1n) is 5.55. The van der Waals surface area contributed by atoms with Crippen molar-refractivity contribution in [3.63, 3.8) is 0 Å². The Bertz CT molecular complexity index is 698. The van der Waals surface area contributed by atoms with Gasteiger partial charge in [-0.25, -0.2) is 13.1 Å². The summed E-state index contributed by atoms with van der Waals surface area (Å²) in [5, 5.41) is 9.32. The monoisotopic (exact) mass is 335 g/mol. The molecular formula is C12H11Cl2NO4S. The SMILES string of the molecule is O=S(=O)(NCc1ccco1)c1cc(CO)c(Cl)cc1Cl. The average Bonchev–Trinajstić information content (AvgIpc) is 2.89. The van der Waals surface area contributed by atoms with Gasteiger partial charge in [0.1, 0.15) is 10.7 Å². The van der Waals surface area contributed by atoms with Gasteiger partial charge >= 0.3 is 0 Å². The van der Waals surface area contributed by atoms with Crippen molar-refractivity contribution < 1.29 is 17.9 Å². The Morgan fingerprint density at radius 1 is 1.25 bits per heavy atom. The molecule has 0 unspecified atom stereocenters. The molecule has 0 atom stereocenters. The fraction of sp³-hybridized carbons (Fsp3) is 0.167. The summed E-state index contributed by atoms with van der Waals surface area (Å²) in [6.07, 6.45) is 1.45. The molecule has 2 aromatic rings. The van der Waals surface area contributed by atoms with E-state index in [1.807, 2.05) is 0 Å². The number of nitrogens with one attached hydrogen (secondary N) is 1. The van der Waals surface area contributed by atoms with Crippen LogP contribution >= 0.6 is 23.2 Å². The fourth-order valence-electron chi connectivity index (χ4n) is 1.56. The van der Waals surface area contributed by atoms with E-state index in [0.717, 1.165) is 0 Å². The third-order valence-corrected chi connectivity index (χ3v) is 4.80. The largest absolute Gasteiger partial charge is 0.468 e. The van der Waals surface area contributed by atoms with E-state index < -0.39 is 10.0 Å². The Hall–Kier alpha value is -1.05. The van der Waals surface area contributed by atoms with Crippen LogP contribution in [-0.2, 0) is 23.2 Å². The van der Waals surface area contributed by atoms with Crippen LogP contribution in [0.2, 0.25) is 10.0 Å². The number of hydrogen-bond donors (Lipinski definition) is 2. The summed E-state index contributed by atoms with van der Waals surface area (Å²) in [7, 11) is -3.83. The van der Waals surface area contributed by atoms with Gasteiger partial charge in [-0.05, 0) is 29.8 Å². The first-order chi connectivity index (χ1) is 9.44. The quantitative estimate of drug-likeness (QED) is 0.879. The van der Waals surface area contributed by atoms with Crippen LogP contribution in [0.25, 0.3) is 0 Å². The second kappa shape index (κ2) is 6.15. The smallest absolute Gasteiger partial charge is 0.242 e. The first-order valence-corrected chi connectivity index (χ1v) is 7.79. The average molecular weight is 336 g/mol. The number of furan rings is 1. The lowest BCUT2D eigenvalue weighted by Crippen LogP contribution is -2.23. The molecule has 0 saturated carbocycles. The van der Waals surface area contributed by atoms with E-state index in [1.54, 1.807) is 12.1 Å². The molecule has 0 radical (unpaired) electrons. The normalized spacial score (nSPS) is 11.8. The Kier molecular flexibility index (Phi) is 4.72. The molecule has 1 aromatic heterocycles. The highest BCUT2D eigenvalue weighted by Crippen LogP contribution is 2.28. The van der Waals surface area contributed by atoms with Gasteiger partial charge in [0.2, 0.25) is 10.0 Å². The third kappa shape index (κ3) is 3.34. The van der Waals surface area contributed by atoms with Gasteiger partial charge < -0.3 is 9.52 Å². The van der Waals surface area contributed by atoms with Crippen molar-refractivity contribution in [1.82, 2.24) is 4.72 Å². The lowest BCUT2D eigenvalue weighted by molar-refractivity contribution is 0.281. The maximum atomic E-state index is 12.2. The van der Waals surface area contributed by atoms with E-state index in [-0.39, 0.29) is 33.7 Å². The van der Waals surface area contributed by atoms with Gasteiger partial charge in [-0.15, -0.1) is 0 Å². The number of halogens is 2. The molecule has 2 rings (SSSR count). The topological polar surface area (TPSA) is 79.5 Å². The molecule has 1 heterocycles. The second-order valence-corrected chi connectivity index (χ2v) is 6.49. The van der Waals surface area contributed by atoms with Gasteiger partial charge in [0.25, 0.3) is 0 Å². The molecular weight excluding hydrogens is 325 g/mol. The van der Waals surface area contributed by atoms with Crippen molar-refractivity contribution in [2.24, 2.45) is 0 Å². The van der Waals surface area contributed by atoms with Crippen LogP contribution < -0.4 is 4.72 Å². The van der Waals surface area contributed by atoms with E-state index in [0.29, 0.717) is 5.76 Å². The van der Waals surface area contributed by atoms with Crippen LogP contribution in [0.5, 0.6) is 0 Å². The molecule has 0 amide bonds. The first kappa shape index (κ1) is 15.3. The minimum atomic E-state index is -3.83. The summed E-state index contributed by atoms with van der Waals surface area (Å²) < 4.78 is 31.7. The Balaban J connectivity index is 2.29. The van der Waals surface area contributed by atoms with Gasteiger partial charge in [-0.2, -0.15) is 0 Å². The maximum absolute atomic E-state index is 12.2. The van der Waals surface area contributed by atoms with E-state index in [9.17, 15) is 8.42 Å². The molecule has 0 bridgehead atoms. The molecule has 20 heavy (non-hydrogen) atoms. The van der Waals surface area contributed by atoms with Gasteiger partial charge in [0, 0.05) is 5.02 Å². The number of aliphatic hydroxyl groups is 1. The second-order valence-electron chi connectivity index (χ2n) is 3.94. The number of hydrogen-bond acceptors (Lipinski definition) is 4. The molecule has 0 aliphatic carbocycles. The molecule has 8 heteroatoms. The highest BCUT2D eigenvalue weighted by molar-refractivity contribution is 7.89. The van der Waals surface area contributed by atoms with E-state index in [1.165, 1.54) is 18.4 Å². The predicted octanol–water partition coefficient (Wildman–Crippen LogP) is 2.56. The zero-order valence-corrected chi connectivity index (χ0v) is 12.5. The number of rotatable bonds is 5. The van der Waals surface area contributed by atoms with Crippen molar-refractivity contribution in [2.75, 3.05) is 0 Å². The third-order valence-electron chi connectivity index (χ3n) is 2.58. The van der Waals surface area contributed by atoms with Crippen molar-refractivity contribution in [3.8, 4) is 0 Å². The van der Waals surface area contributed by atoms with E-state index in [4.69, 9.17) is 32.7 Å². The predicted molar refractivity (Wildman–Crippen MR) is 75.1 cm³/mol. The van der Waals surface area contributed by atoms with E-state index >= 15 is 0 Å². The van der Waals surface area contributed by atoms with Gasteiger partial charge in [0.15, 0.2) is 0 Å². The van der Waals surface area contributed by atoms with Gasteiger partial charge in [-0.1, -0.05) is 23.2 Å². The molecule has 0 aliphatic heterocycles. The lowest BCUT2D eigenvalue weighted by atomic mass is 10.2. The number of sulfonamides is 1. The van der Waals surface area contributed by atoms with Crippen molar-refractivity contribution >= 4 is 33.2 Å². The van der Waals surface area contributed by atoms with Gasteiger partial charge in [0.05, 0.1) is 24.4 Å². The molecule has 0 saturated heterocycles. The van der Waals surface area contributed by atoms with Gasteiger partial charge in [-0.3, -0.25) is 0 Å². The zero-order valence-electron chi connectivity index (χ0n) is 10.1. The van der Waals surface area contributed by atoms with Crippen LogP contribution in [-0.4, -0.2) is 13.5 Å². The van der Waals surface area contributed by atoms with Crippen LogP contribution in [0.15, 0.2) is 39.8 Å². The number of aliphatic hydroxyl groups excluding tert-OH is 1. The summed E-state index contributed by atoms with van der Waals surface area (Å²) >= 11 is 11.7. The summed E-state index contributed by atoms with van der Waals surface area (Å²) in [6, 6.07) is 5.83. The molecule has 0 fully saturated rings. The Morgan fingerprint density at radius 2 is 2.00 bits per heavy atom. The molecule has 0 aliphatic rings. The van der Waals surface area contributed by atoms with Crippen LogP contribution in [0.4, 0.5) is 0 Å². The van der Waals surface area contributed by atoms with Crippen LogP contribution in [0.1, 0.15) is 11.3 Å². The van der Waals surface area contributed by atoms with Crippen LogP contribution in [0.3, 0.4) is 0 Å². The van der Waals surface area contributed by atoms with Crippen molar-refractivity contribution in [2.45, 2.75) is 18.0 Å². The molecule has 108 valence electrons. The highest BCUT2D eigenvalue weighted by atomic mass is 35.5. The molecule has 5 nitrogen and oxygen atoms in total. The summed E-state index contributed by atoms with van der Waals surface area (Å²) in [5.74, 6) is 0.473. The Labute approximate surface area is 126 Å². The summed E-state index contributed by atoms with van der Waals surface area (Å²) in [6.45, 7) is -0.376. The minimum Gasteiger partial charge on any atom is -0.468 e. The summed E-state index contributed by atoms with van der Waals surface area (Å²) in [5.41, 5.74) is 0.287. The highest BCUT2D eigenvalue weighted by Gasteiger charge is 2.20. The van der Waals surface area contributed by atoms with Crippen LogP contribution in [0, 0.1) is 0 Å². The maximum Gasteiger partial charge on any atom is 0.242 e. The Morgan fingerprint density at radius 3 is 2.60 bits per heavy atom.